The number of fused-ring (bicyclic) bond motifs is 2. The normalized spacial score (nSPS) is 20.5. The average molecular weight is 416 g/mol. The third-order valence-corrected chi connectivity index (χ3v) is 3.21. The van der Waals surface area contributed by atoms with Crippen LogP contribution in [0.25, 0.3) is 0 Å². The fraction of sp³-hybridized carbons (Fsp3) is 0.533. The molecule has 0 atom stereocenters. The number of hydrogen-bond acceptors (Lipinski definition) is 4. The maximum absolute atomic E-state index is 4.65. The van der Waals surface area contributed by atoms with Gasteiger partial charge in [-0.05, 0) is 51.9 Å². The van der Waals surface area contributed by atoms with E-state index in [1.165, 1.54) is 0 Å². The van der Waals surface area contributed by atoms with Gasteiger partial charge in [0.1, 0.15) is 0 Å². The first-order valence-corrected chi connectivity index (χ1v) is 6.98. The summed E-state index contributed by atoms with van der Waals surface area (Å²) in [7, 11) is 0. The zero-order chi connectivity index (χ0) is 13.5. The van der Waals surface area contributed by atoms with Gasteiger partial charge in [0.25, 0.3) is 0 Å². The van der Waals surface area contributed by atoms with E-state index >= 15 is 0 Å². The maximum Gasteiger partial charge on any atom is 0.0845 e. The Kier molecular flexibility index (Phi) is 13.9. The van der Waals surface area contributed by atoms with Gasteiger partial charge in [-0.1, -0.05) is 6.07 Å². The van der Waals surface area contributed by atoms with Crippen LogP contribution >= 0.6 is 17.0 Å². The number of aliphatic imine (C=N–C) groups is 2. The van der Waals surface area contributed by atoms with E-state index in [2.05, 4.69) is 20.3 Å². The second kappa shape index (κ2) is 12.9. The molecular formula is C15H25BrCoN4O. The third kappa shape index (κ3) is 7.60. The first-order chi connectivity index (χ1) is 9.27. The zero-order valence-electron chi connectivity index (χ0n) is 13.1. The van der Waals surface area contributed by atoms with E-state index in [1.807, 2.05) is 32.0 Å². The molecule has 7 heteroatoms. The van der Waals surface area contributed by atoms with Crippen LogP contribution in [-0.2, 0) is 16.8 Å². The largest absolute Gasteiger partial charge is 0.412 e. The molecule has 127 valence electrons. The monoisotopic (exact) mass is 415 g/mol. The van der Waals surface area contributed by atoms with Crippen molar-refractivity contribution in [2.24, 2.45) is 9.98 Å². The summed E-state index contributed by atoms with van der Waals surface area (Å²) >= 11 is 0. The Morgan fingerprint density at radius 1 is 0.909 bits per heavy atom. The average Bonchev–Trinajstić information content (AvgIpc) is 2.44. The van der Waals surface area contributed by atoms with Gasteiger partial charge >= 0.3 is 0 Å². The zero-order valence-corrected chi connectivity index (χ0v) is 15.8. The van der Waals surface area contributed by atoms with Gasteiger partial charge in [-0.3, -0.25) is 9.98 Å². The number of nitrogens with one attached hydrogen (secondary N) is 1. The molecule has 0 aromatic carbocycles. The van der Waals surface area contributed by atoms with Crippen LogP contribution in [0.2, 0.25) is 0 Å². The Labute approximate surface area is 153 Å². The molecule has 3 N–H and O–H groups in total. The second-order valence-electron chi connectivity index (χ2n) is 4.80. The summed E-state index contributed by atoms with van der Waals surface area (Å²) in [5, 5.41) is 3.42. The van der Waals surface area contributed by atoms with Crippen molar-refractivity contribution < 1.29 is 22.3 Å². The summed E-state index contributed by atoms with van der Waals surface area (Å²) in [5.74, 6) is 0. The van der Waals surface area contributed by atoms with Crippen molar-refractivity contribution in [3.8, 4) is 0 Å². The van der Waals surface area contributed by atoms with Crippen LogP contribution in [0.1, 0.15) is 38.1 Å². The summed E-state index contributed by atoms with van der Waals surface area (Å²) in [5.41, 5.74) is 3.92. The van der Waals surface area contributed by atoms with Crippen LogP contribution in [0.5, 0.6) is 0 Å². The van der Waals surface area contributed by atoms with Gasteiger partial charge in [-0.25, -0.2) is 4.98 Å². The molecule has 1 aromatic heterocycles. The van der Waals surface area contributed by atoms with E-state index in [9.17, 15) is 0 Å². The molecule has 0 fully saturated rings. The van der Waals surface area contributed by atoms with E-state index < -0.39 is 0 Å². The Bertz CT molecular complexity index is 455. The number of halogens is 1. The molecule has 1 aromatic rings. The molecule has 0 saturated carbocycles. The number of aromatic nitrogens is 1. The molecule has 0 spiro atoms. The van der Waals surface area contributed by atoms with Crippen LogP contribution < -0.4 is 5.32 Å². The molecule has 1 aliphatic rings. The molecule has 0 amide bonds. The van der Waals surface area contributed by atoms with Crippen molar-refractivity contribution in [2.45, 2.75) is 26.7 Å². The molecule has 0 saturated heterocycles. The van der Waals surface area contributed by atoms with Crippen molar-refractivity contribution in [1.29, 1.82) is 0 Å². The molecule has 2 bridgehead atoms. The van der Waals surface area contributed by atoms with Crippen molar-refractivity contribution in [2.75, 3.05) is 26.2 Å². The fourth-order valence-electron chi connectivity index (χ4n) is 2.03. The summed E-state index contributed by atoms with van der Waals surface area (Å²) in [6, 6.07) is 6.06. The minimum atomic E-state index is 0. The molecular weight excluding hydrogens is 391 g/mol. The molecule has 1 aliphatic heterocycles. The molecule has 22 heavy (non-hydrogen) atoms. The first-order valence-electron chi connectivity index (χ1n) is 6.98. The predicted octanol–water partition coefficient (Wildman–Crippen LogP) is 1.83. The number of rotatable bonds is 0. The Balaban J connectivity index is 0. The van der Waals surface area contributed by atoms with Gasteiger partial charge in [0.2, 0.25) is 0 Å². The summed E-state index contributed by atoms with van der Waals surface area (Å²) < 4.78 is 0. The fourth-order valence-corrected chi connectivity index (χ4v) is 2.03. The second-order valence-corrected chi connectivity index (χ2v) is 4.80. The molecule has 0 unspecified atom stereocenters. The molecule has 2 heterocycles. The number of pyridine rings is 1. The predicted molar refractivity (Wildman–Crippen MR) is 94.4 cm³/mol. The Hall–Kier alpha value is -0.604. The van der Waals surface area contributed by atoms with Crippen molar-refractivity contribution in [3.63, 3.8) is 0 Å². The summed E-state index contributed by atoms with van der Waals surface area (Å²) in [6.07, 6.45) is 2.14. The molecule has 0 aliphatic carbocycles. The third-order valence-electron chi connectivity index (χ3n) is 3.21. The topological polar surface area (TPSA) is 81.1 Å². The molecule has 5 nitrogen and oxygen atoms in total. The van der Waals surface area contributed by atoms with Gasteiger partial charge in [-0.2, -0.15) is 0 Å². The first kappa shape index (κ1) is 23.7. The Morgan fingerprint density at radius 3 is 1.82 bits per heavy atom. The molecule has 1 radical (unpaired) electrons. The SMILES string of the molecule is Br.C/C1=N/CCCNCCC/N=C(/C)c2cccc1n2.O.[Co]. The molecule has 2 rings (SSSR count). The van der Waals surface area contributed by atoms with E-state index in [4.69, 9.17) is 0 Å². The minimum Gasteiger partial charge on any atom is -0.412 e. The van der Waals surface area contributed by atoms with Crippen LogP contribution in [0, 0.1) is 0 Å². The number of hydrogen-bond donors (Lipinski definition) is 1. The van der Waals surface area contributed by atoms with E-state index in [-0.39, 0.29) is 39.2 Å². The quantitative estimate of drug-likeness (QED) is 0.701. The minimum absolute atomic E-state index is 0. The van der Waals surface area contributed by atoms with Gasteiger partial charge < -0.3 is 10.8 Å². The van der Waals surface area contributed by atoms with Gasteiger partial charge in [0.15, 0.2) is 0 Å². The van der Waals surface area contributed by atoms with E-state index in [0.29, 0.717) is 0 Å². The number of nitrogens with zero attached hydrogens (tertiary/aromatic N) is 3. The van der Waals surface area contributed by atoms with E-state index in [1.54, 1.807) is 0 Å². The maximum atomic E-state index is 4.65. The smallest absolute Gasteiger partial charge is 0.0845 e. The summed E-state index contributed by atoms with van der Waals surface area (Å²) in [6.45, 7) is 7.81. The Morgan fingerprint density at radius 2 is 1.36 bits per heavy atom. The van der Waals surface area contributed by atoms with Crippen LogP contribution in [0.15, 0.2) is 28.2 Å². The van der Waals surface area contributed by atoms with Gasteiger partial charge in [-0.15, -0.1) is 17.0 Å². The van der Waals surface area contributed by atoms with E-state index in [0.717, 1.165) is 61.8 Å². The van der Waals surface area contributed by atoms with Gasteiger partial charge in [0, 0.05) is 29.9 Å². The van der Waals surface area contributed by atoms with Crippen LogP contribution in [0.4, 0.5) is 0 Å². The summed E-state index contributed by atoms with van der Waals surface area (Å²) in [4.78, 5) is 13.8. The van der Waals surface area contributed by atoms with Crippen molar-refractivity contribution in [3.05, 3.63) is 29.6 Å². The standard InChI is InChI=1S/C15H22N4.BrH.Co.H2O/c1-12-14-6-3-7-15(19-14)13(2)18-11-5-9-16-8-4-10-17-12;;;/h3,6-7,16H,4-5,8-11H2,1-2H3;1H;;1H2/b17-12-,18-13-;;;. The van der Waals surface area contributed by atoms with Crippen LogP contribution in [0.3, 0.4) is 0 Å². The van der Waals surface area contributed by atoms with Crippen LogP contribution in [-0.4, -0.2) is 48.1 Å². The van der Waals surface area contributed by atoms with Gasteiger partial charge in [0.05, 0.1) is 22.8 Å². The van der Waals surface area contributed by atoms with Crippen molar-refractivity contribution >= 4 is 28.4 Å². The van der Waals surface area contributed by atoms with Crippen molar-refractivity contribution in [1.82, 2.24) is 10.3 Å².